The fourth-order valence-corrected chi connectivity index (χ4v) is 2.64. The summed E-state index contributed by atoms with van der Waals surface area (Å²) in [5.74, 6) is -0.871. The molecule has 0 N–H and O–H groups in total. The van der Waals surface area contributed by atoms with Crippen molar-refractivity contribution in [2.45, 2.75) is 32.0 Å². The normalized spacial score (nSPS) is 18.2. The molecule has 1 aromatic carbocycles. The molecule has 1 aliphatic rings. The first kappa shape index (κ1) is 18.2. The standard InChI is InChI=1S/C15H17F3N2O4/c1-10-4-5-11(20(22)23)7-13(10)14(21)19(9-15(16,17)18)12-3-2-6-24-8-12/h4-5,7,12H,2-3,6,8-9H2,1H3/t12-/m0/s1. The Bertz CT molecular complexity index is 628. The van der Waals surface area contributed by atoms with Gasteiger partial charge in [0.15, 0.2) is 0 Å². The molecule has 1 aliphatic heterocycles. The van der Waals surface area contributed by atoms with Crippen LogP contribution in [-0.4, -0.2) is 47.7 Å². The maximum Gasteiger partial charge on any atom is 0.406 e. The van der Waals surface area contributed by atoms with Crippen molar-refractivity contribution in [2.24, 2.45) is 0 Å². The van der Waals surface area contributed by atoms with Crippen molar-refractivity contribution in [3.63, 3.8) is 0 Å². The van der Waals surface area contributed by atoms with E-state index in [1.54, 1.807) is 0 Å². The van der Waals surface area contributed by atoms with Gasteiger partial charge in [0.25, 0.3) is 11.6 Å². The fraction of sp³-hybridized carbons (Fsp3) is 0.533. The van der Waals surface area contributed by atoms with E-state index in [0.29, 0.717) is 29.9 Å². The Morgan fingerprint density at radius 2 is 2.17 bits per heavy atom. The minimum absolute atomic E-state index is 0.0236. The smallest absolute Gasteiger partial charge is 0.379 e. The highest BCUT2D eigenvalue weighted by molar-refractivity contribution is 5.96. The highest BCUT2D eigenvalue weighted by Gasteiger charge is 2.38. The number of hydrogen-bond donors (Lipinski definition) is 0. The molecule has 1 aromatic rings. The predicted octanol–water partition coefficient (Wildman–Crippen LogP) is 3.09. The van der Waals surface area contributed by atoms with Gasteiger partial charge < -0.3 is 9.64 Å². The first-order chi connectivity index (χ1) is 11.2. The Balaban J connectivity index is 2.36. The molecule has 0 unspecified atom stereocenters. The van der Waals surface area contributed by atoms with E-state index >= 15 is 0 Å². The van der Waals surface area contributed by atoms with Gasteiger partial charge in [-0.05, 0) is 25.3 Å². The molecule has 0 aromatic heterocycles. The van der Waals surface area contributed by atoms with Gasteiger partial charge in [0.2, 0.25) is 0 Å². The summed E-state index contributed by atoms with van der Waals surface area (Å²) in [5, 5.41) is 10.9. The molecule has 0 saturated carbocycles. The van der Waals surface area contributed by atoms with Crippen LogP contribution in [0.25, 0.3) is 0 Å². The van der Waals surface area contributed by atoms with Crippen LogP contribution in [0.2, 0.25) is 0 Å². The van der Waals surface area contributed by atoms with Gasteiger partial charge >= 0.3 is 6.18 Å². The molecule has 0 spiro atoms. The van der Waals surface area contributed by atoms with Gasteiger partial charge in [0.05, 0.1) is 17.6 Å². The summed E-state index contributed by atoms with van der Waals surface area (Å²) in [6, 6.07) is 2.88. The van der Waals surface area contributed by atoms with Gasteiger partial charge in [0.1, 0.15) is 6.54 Å². The molecule has 0 radical (unpaired) electrons. The largest absolute Gasteiger partial charge is 0.406 e. The average molecular weight is 346 g/mol. The molecule has 6 nitrogen and oxygen atoms in total. The number of amides is 1. The summed E-state index contributed by atoms with van der Waals surface area (Å²) in [6.45, 7) is 0.582. The number of nitrogens with zero attached hydrogens (tertiary/aromatic N) is 2. The number of rotatable bonds is 4. The van der Waals surface area contributed by atoms with Crippen LogP contribution >= 0.6 is 0 Å². The first-order valence-electron chi connectivity index (χ1n) is 7.39. The number of benzene rings is 1. The first-order valence-corrected chi connectivity index (χ1v) is 7.39. The van der Waals surface area contributed by atoms with E-state index in [1.807, 2.05) is 0 Å². The van der Waals surface area contributed by atoms with Gasteiger partial charge in [-0.15, -0.1) is 0 Å². The van der Waals surface area contributed by atoms with Crippen molar-refractivity contribution in [2.75, 3.05) is 19.8 Å². The van der Waals surface area contributed by atoms with Crippen LogP contribution in [0.5, 0.6) is 0 Å². The van der Waals surface area contributed by atoms with Gasteiger partial charge in [-0.3, -0.25) is 14.9 Å². The van der Waals surface area contributed by atoms with Crippen LogP contribution in [0, 0.1) is 17.0 Å². The van der Waals surface area contributed by atoms with Gasteiger partial charge in [-0.25, -0.2) is 0 Å². The molecule has 0 aliphatic carbocycles. The summed E-state index contributed by atoms with van der Waals surface area (Å²) in [4.78, 5) is 23.6. The van der Waals surface area contributed by atoms with E-state index in [9.17, 15) is 28.1 Å². The Hall–Kier alpha value is -2.16. The Kier molecular flexibility index (Phi) is 5.43. The molecule has 9 heteroatoms. The lowest BCUT2D eigenvalue weighted by molar-refractivity contribution is -0.384. The zero-order chi connectivity index (χ0) is 17.9. The summed E-state index contributed by atoms with van der Waals surface area (Å²) in [6.07, 6.45) is -3.61. The number of hydrogen-bond acceptors (Lipinski definition) is 4. The lowest BCUT2D eigenvalue weighted by atomic mass is 10.0. The lowest BCUT2D eigenvalue weighted by Crippen LogP contribution is -2.49. The van der Waals surface area contributed by atoms with Crippen LogP contribution in [0.1, 0.15) is 28.8 Å². The Labute approximate surface area is 136 Å². The highest BCUT2D eigenvalue weighted by atomic mass is 19.4. The Morgan fingerprint density at radius 3 is 2.71 bits per heavy atom. The summed E-state index contributed by atoms with van der Waals surface area (Å²) in [5.41, 5.74) is -0.0515. The number of ether oxygens (including phenoxy) is 1. The topological polar surface area (TPSA) is 72.7 Å². The number of nitro benzene ring substituents is 1. The number of carbonyl (C=O) groups excluding carboxylic acids is 1. The van der Waals surface area contributed by atoms with Crippen molar-refractivity contribution in [1.29, 1.82) is 0 Å². The fourth-order valence-electron chi connectivity index (χ4n) is 2.64. The van der Waals surface area contributed by atoms with Crippen LogP contribution in [0.3, 0.4) is 0 Å². The summed E-state index contributed by atoms with van der Waals surface area (Å²) < 4.78 is 43.9. The van der Waals surface area contributed by atoms with Crippen molar-refractivity contribution >= 4 is 11.6 Å². The molecule has 1 amide bonds. The van der Waals surface area contributed by atoms with Gasteiger partial charge in [-0.1, -0.05) is 6.07 Å². The van der Waals surface area contributed by atoms with Crippen molar-refractivity contribution in [1.82, 2.24) is 4.90 Å². The second kappa shape index (κ2) is 7.16. The van der Waals surface area contributed by atoms with Crippen molar-refractivity contribution in [3.8, 4) is 0 Å². The zero-order valence-corrected chi connectivity index (χ0v) is 13.0. The third-order valence-electron chi connectivity index (χ3n) is 3.85. The SMILES string of the molecule is Cc1ccc([N+](=O)[O-])cc1C(=O)N(CC(F)(F)F)[C@H]1CCCOC1. The number of carbonyl (C=O) groups is 1. The quantitative estimate of drug-likeness (QED) is 0.620. The summed E-state index contributed by atoms with van der Waals surface area (Å²) in [7, 11) is 0. The maximum atomic E-state index is 12.9. The molecule has 2 rings (SSSR count). The highest BCUT2D eigenvalue weighted by Crippen LogP contribution is 2.26. The third kappa shape index (κ3) is 4.44. The minimum Gasteiger partial charge on any atom is -0.379 e. The lowest BCUT2D eigenvalue weighted by Gasteiger charge is -2.35. The Morgan fingerprint density at radius 1 is 1.46 bits per heavy atom. The molecule has 1 fully saturated rings. The number of nitro groups is 1. The predicted molar refractivity (Wildman–Crippen MR) is 78.8 cm³/mol. The van der Waals surface area contributed by atoms with Crippen molar-refractivity contribution in [3.05, 3.63) is 39.4 Å². The van der Waals surface area contributed by atoms with E-state index in [0.717, 1.165) is 6.07 Å². The molecule has 24 heavy (non-hydrogen) atoms. The van der Waals surface area contributed by atoms with E-state index in [4.69, 9.17) is 4.74 Å². The molecule has 132 valence electrons. The number of alkyl halides is 3. The van der Waals surface area contributed by atoms with Crippen LogP contribution in [0.4, 0.5) is 18.9 Å². The maximum absolute atomic E-state index is 12.9. The van der Waals surface area contributed by atoms with E-state index < -0.39 is 29.6 Å². The molecular weight excluding hydrogens is 329 g/mol. The number of non-ortho nitro benzene ring substituents is 1. The molecule has 0 bridgehead atoms. The second-order valence-corrected chi connectivity index (χ2v) is 5.68. The zero-order valence-electron chi connectivity index (χ0n) is 13.0. The number of halogens is 3. The van der Waals surface area contributed by atoms with E-state index in [2.05, 4.69) is 0 Å². The molecular formula is C15H17F3N2O4. The second-order valence-electron chi connectivity index (χ2n) is 5.68. The molecule has 1 heterocycles. The summed E-state index contributed by atoms with van der Waals surface area (Å²) >= 11 is 0. The van der Waals surface area contributed by atoms with Crippen LogP contribution < -0.4 is 0 Å². The van der Waals surface area contributed by atoms with Gasteiger partial charge in [-0.2, -0.15) is 13.2 Å². The number of aryl methyl sites for hydroxylation is 1. The van der Waals surface area contributed by atoms with Crippen LogP contribution in [-0.2, 0) is 4.74 Å². The molecule has 1 atom stereocenters. The molecule has 1 saturated heterocycles. The van der Waals surface area contributed by atoms with E-state index in [1.165, 1.54) is 19.1 Å². The third-order valence-corrected chi connectivity index (χ3v) is 3.85. The van der Waals surface area contributed by atoms with Crippen LogP contribution in [0.15, 0.2) is 18.2 Å². The van der Waals surface area contributed by atoms with Gasteiger partial charge in [0, 0.05) is 24.3 Å². The average Bonchev–Trinajstić information content (AvgIpc) is 2.52. The monoisotopic (exact) mass is 346 g/mol. The van der Waals surface area contributed by atoms with E-state index in [-0.39, 0.29) is 17.9 Å². The minimum atomic E-state index is -4.57. The van der Waals surface area contributed by atoms with Crippen molar-refractivity contribution < 1.29 is 27.6 Å².